The molecule has 2 aromatic carbocycles. The average Bonchev–Trinajstić information content (AvgIpc) is 2.73. The van der Waals surface area contributed by atoms with Crippen molar-refractivity contribution in [1.82, 2.24) is 4.90 Å². The number of nitrogens with zero attached hydrogens (tertiary/aromatic N) is 1. The van der Waals surface area contributed by atoms with E-state index in [0.717, 1.165) is 0 Å². The molecule has 0 aromatic heterocycles. The van der Waals surface area contributed by atoms with E-state index >= 15 is 0 Å². The van der Waals surface area contributed by atoms with Gasteiger partial charge < -0.3 is 15.0 Å². The summed E-state index contributed by atoms with van der Waals surface area (Å²) >= 11 is 0. The van der Waals surface area contributed by atoms with E-state index in [9.17, 15) is 14.4 Å². The first-order chi connectivity index (χ1) is 13.5. The smallest absolute Gasteiger partial charge is 0.262 e. The summed E-state index contributed by atoms with van der Waals surface area (Å²) in [6, 6.07) is 13.5. The van der Waals surface area contributed by atoms with Crippen LogP contribution in [0, 0.1) is 0 Å². The first-order valence-electron chi connectivity index (χ1n) is 9.43. The van der Waals surface area contributed by atoms with Crippen molar-refractivity contribution in [2.24, 2.45) is 0 Å². The Morgan fingerprint density at radius 3 is 1.96 bits per heavy atom. The lowest BCUT2D eigenvalue weighted by Crippen LogP contribution is -2.30. The van der Waals surface area contributed by atoms with Crippen molar-refractivity contribution >= 4 is 23.3 Å². The molecular weight excluding hydrogens is 356 g/mol. The molecule has 0 aliphatic heterocycles. The van der Waals surface area contributed by atoms with Crippen LogP contribution >= 0.6 is 0 Å². The fourth-order valence-electron chi connectivity index (χ4n) is 2.68. The number of ketones is 1. The van der Waals surface area contributed by atoms with E-state index in [2.05, 4.69) is 5.32 Å². The molecule has 148 valence electrons. The summed E-state index contributed by atoms with van der Waals surface area (Å²) in [7, 11) is 0. The first kappa shape index (κ1) is 21.2. The number of rotatable bonds is 9. The molecule has 0 saturated carbocycles. The molecule has 2 amide bonds. The van der Waals surface area contributed by atoms with Crippen molar-refractivity contribution in [3.63, 3.8) is 0 Å². The quantitative estimate of drug-likeness (QED) is 0.670. The summed E-state index contributed by atoms with van der Waals surface area (Å²) in [5, 5.41) is 2.73. The second-order valence-corrected chi connectivity index (χ2v) is 6.19. The van der Waals surface area contributed by atoms with Crippen LogP contribution in [-0.2, 0) is 4.79 Å². The Bertz CT molecular complexity index is 809. The molecule has 6 nitrogen and oxygen atoms in total. The molecule has 0 saturated heterocycles. The Morgan fingerprint density at radius 1 is 0.857 bits per heavy atom. The number of hydrogen-bond acceptors (Lipinski definition) is 4. The first-order valence-corrected chi connectivity index (χ1v) is 9.43. The van der Waals surface area contributed by atoms with Gasteiger partial charge in [-0.25, -0.2) is 0 Å². The van der Waals surface area contributed by atoms with Crippen molar-refractivity contribution in [2.75, 3.05) is 25.0 Å². The molecule has 0 heterocycles. The van der Waals surface area contributed by atoms with Gasteiger partial charge in [-0.1, -0.05) is 6.92 Å². The molecule has 2 aromatic rings. The van der Waals surface area contributed by atoms with Crippen LogP contribution in [0.3, 0.4) is 0 Å². The van der Waals surface area contributed by atoms with Crippen LogP contribution < -0.4 is 10.1 Å². The maximum atomic E-state index is 12.3. The number of anilines is 1. The second-order valence-electron chi connectivity index (χ2n) is 6.19. The normalized spacial score (nSPS) is 10.2. The Balaban J connectivity index is 1.87. The average molecular weight is 382 g/mol. The molecule has 0 atom stereocenters. The molecule has 0 aliphatic carbocycles. The molecule has 6 heteroatoms. The minimum absolute atomic E-state index is 0.0313. The SMILES string of the molecule is CCC(=O)c1ccc(OCC(=O)Nc2ccc(C(=O)N(CC)CC)cc2)cc1. The standard InChI is InChI=1S/C22H26N2O4/c1-4-20(25)16-9-13-19(14-10-16)28-15-21(26)23-18-11-7-17(8-12-18)22(27)24(5-2)6-3/h7-14H,4-6,15H2,1-3H3,(H,23,26). The van der Waals surface area contributed by atoms with Gasteiger partial charge in [0.15, 0.2) is 12.4 Å². The Hall–Kier alpha value is -3.15. The van der Waals surface area contributed by atoms with Crippen molar-refractivity contribution < 1.29 is 19.1 Å². The molecule has 0 fully saturated rings. The zero-order valence-electron chi connectivity index (χ0n) is 16.5. The van der Waals surface area contributed by atoms with Crippen LogP contribution in [0.25, 0.3) is 0 Å². The van der Waals surface area contributed by atoms with Gasteiger partial charge in [0.2, 0.25) is 0 Å². The van der Waals surface area contributed by atoms with Crippen LogP contribution in [0.2, 0.25) is 0 Å². The Labute approximate surface area is 165 Å². The van der Waals surface area contributed by atoms with Crippen LogP contribution in [-0.4, -0.2) is 42.2 Å². The fraction of sp³-hybridized carbons (Fsp3) is 0.318. The van der Waals surface area contributed by atoms with Gasteiger partial charge in [0.05, 0.1) is 0 Å². The molecule has 0 aliphatic rings. The van der Waals surface area contributed by atoms with E-state index in [4.69, 9.17) is 4.74 Å². The summed E-state index contributed by atoms with van der Waals surface area (Å²) in [5.74, 6) is 0.239. The van der Waals surface area contributed by atoms with Gasteiger partial charge in [-0.2, -0.15) is 0 Å². The number of nitrogens with one attached hydrogen (secondary N) is 1. The minimum atomic E-state index is -0.309. The van der Waals surface area contributed by atoms with Crippen molar-refractivity contribution in [3.05, 3.63) is 59.7 Å². The minimum Gasteiger partial charge on any atom is -0.484 e. The predicted octanol–water partition coefficient (Wildman–Crippen LogP) is 3.78. The number of Topliss-reactive ketones (excluding diaryl/α,β-unsaturated/α-hetero) is 1. The molecular formula is C22H26N2O4. The maximum Gasteiger partial charge on any atom is 0.262 e. The highest BCUT2D eigenvalue weighted by molar-refractivity contribution is 5.96. The maximum absolute atomic E-state index is 12.3. The second kappa shape index (κ2) is 10.3. The van der Waals surface area contributed by atoms with E-state index < -0.39 is 0 Å². The highest BCUT2D eigenvalue weighted by atomic mass is 16.5. The van der Waals surface area contributed by atoms with Gasteiger partial charge in [-0.15, -0.1) is 0 Å². The summed E-state index contributed by atoms with van der Waals surface area (Å²) in [6.45, 7) is 6.83. The molecule has 0 unspecified atom stereocenters. The van der Waals surface area contributed by atoms with Crippen LogP contribution in [0.1, 0.15) is 47.9 Å². The number of carbonyl (C=O) groups is 3. The fourth-order valence-corrected chi connectivity index (χ4v) is 2.68. The van der Waals surface area contributed by atoms with E-state index in [1.54, 1.807) is 53.4 Å². The van der Waals surface area contributed by atoms with Crippen molar-refractivity contribution in [3.8, 4) is 5.75 Å². The number of ether oxygens (including phenoxy) is 1. The van der Waals surface area contributed by atoms with E-state index in [0.29, 0.717) is 42.1 Å². The molecule has 1 N–H and O–H groups in total. The predicted molar refractivity (Wildman–Crippen MR) is 109 cm³/mol. The number of benzene rings is 2. The zero-order valence-corrected chi connectivity index (χ0v) is 16.5. The third-order valence-electron chi connectivity index (χ3n) is 4.33. The summed E-state index contributed by atoms with van der Waals surface area (Å²) in [6.07, 6.45) is 0.446. The van der Waals surface area contributed by atoms with Crippen molar-refractivity contribution in [2.45, 2.75) is 27.2 Å². The van der Waals surface area contributed by atoms with E-state index in [1.807, 2.05) is 20.8 Å². The van der Waals surface area contributed by atoms with Gasteiger partial charge in [0.25, 0.3) is 11.8 Å². The highest BCUT2D eigenvalue weighted by Gasteiger charge is 2.12. The lowest BCUT2D eigenvalue weighted by Gasteiger charge is -2.18. The van der Waals surface area contributed by atoms with Gasteiger partial charge in [0.1, 0.15) is 5.75 Å². The number of carbonyl (C=O) groups excluding carboxylic acids is 3. The Kier molecular flexibility index (Phi) is 7.75. The van der Waals surface area contributed by atoms with Gasteiger partial charge >= 0.3 is 0 Å². The van der Waals surface area contributed by atoms with Crippen molar-refractivity contribution in [1.29, 1.82) is 0 Å². The number of amides is 2. The number of hydrogen-bond donors (Lipinski definition) is 1. The van der Waals surface area contributed by atoms with Gasteiger partial charge in [-0.3, -0.25) is 14.4 Å². The van der Waals surface area contributed by atoms with E-state index in [1.165, 1.54) is 0 Å². The largest absolute Gasteiger partial charge is 0.484 e. The summed E-state index contributed by atoms with van der Waals surface area (Å²) in [4.78, 5) is 37.7. The third-order valence-corrected chi connectivity index (χ3v) is 4.33. The molecule has 0 spiro atoms. The molecule has 0 radical (unpaired) electrons. The summed E-state index contributed by atoms with van der Waals surface area (Å²) < 4.78 is 5.45. The van der Waals surface area contributed by atoms with Crippen LogP contribution in [0.5, 0.6) is 5.75 Å². The molecule has 2 rings (SSSR count). The highest BCUT2D eigenvalue weighted by Crippen LogP contribution is 2.14. The zero-order chi connectivity index (χ0) is 20.5. The van der Waals surface area contributed by atoms with Gasteiger partial charge in [0, 0.05) is 36.3 Å². The lowest BCUT2D eigenvalue weighted by molar-refractivity contribution is -0.118. The lowest BCUT2D eigenvalue weighted by atomic mass is 10.1. The molecule has 0 bridgehead atoms. The van der Waals surface area contributed by atoms with E-state index in [-0.39, 0.29) is 24.2 Å². The Morgan fingerprint density at radius 2 is 1.43 bits per heavy atom. The summed E-state index contributed by atoms with van der Waals surface area (Å²) in [5.41, 5.74) is 1.80. The molecule has 28 heavy (non-hydrogen) atoms. The topological polar surface area (TPSA) is 75.7 Å². The van der Waals surface area contributed by atoms with Crippen LogP contribution in [0.15, 0.2) is 48.5 Å². The third kappa shape index (κ3) is 5.67. The monoisotopic (exact) mass is 382 g/mol. The van der Waals surface area contributed by atoms with Crippen LogP contribution in [0.4, 0.5) is 5.69 Å². The van der Waals surface area contributed by atoms with Gasteiger partial charge in [-0.05, 0) is 62.4 Å².